The molecule has 1 rings (SSSR count). The first kappa shape index (κ1) is 15.0. The highest BCUT2D eigenvalue weighted by Gasteiger charge is 2.22. The van der Waals surface area contributed by atoms with E-state index in [1.165, 1.54) is 32.1 Å². The van der Waals surface area contributed by atoms with Crippen LogP contribution in [0.25, 0.3) is 0 Å². The summed E-state index contributed by atoms with van der Waals surface area (Å²) in [5.74, 6) is -0.351. The molecule has 0 heterocycles. The zero-order chi connectivity index (χ0) is 13.5. The Balaban J connectivity index is 2.27. The highest BCUT2D eigenvalue weighted by molar-refractivity contribution is 5.77. The van der Waals surface area contributed by atoms with Crippen molar-refractivity contribution in [3.8, 4) is 0 Å². The molecule has 0 aromatic heterocycles. The van der Waals surface area contributed by atoms with Gasteiger partial charge in [0.15, 0.2) is 0 Å². The first-order valence-corrected chi connectivity index (χ1v) is 7.00. The zero-order valence-corrected chi connectivity index (χ0v) is 11.4. The molecule has 1 amide bonds. The van der Waals surface area contributed by atoms with Crippen molar-refractivity contribution in [3.05, 3.63) is 0 Å². The Kier molecular flexibility index (Phi) is 6.16. The van der Waals surface area contributed by atoms with E-state index in [0.29, 0.717) is 12.3 Å². The van der Waals surface area contributed by atoms with Crippen LogP contribution in [0.2, 0.25) is 0 Å². The second-order valence-electron chi connectivity index (χ2n) is 5.66. The summed E-state index contributed by atoms with van der Waals surface area (Å²) in [6, 6.07) is 0.217. The monoisotopic (exact) mass is 255 g/mol. The molecule has 0 aliphatic heterocycles. The number of carboxylic acids is 1. The van der Waals surface area contributed by atoms with Gasteiger partial charge in [0.1, 0.15) is 0 Å². The van der Waals surface area contributed by atoms with Gasteiger partial charge in [0, 0.05) is 18.9 Å². The quantitative estimate of drug-likeness (QED) is 0.766. The number of carbonyl (C=O) groups excluding carboxylic acids is 1. The summed E-state index contributed by atoms with van der Waals surface area (Å²) < 4.78 is 0. The molecule has 1 fully saturated rings. The molecule has 4 heteroatoms. The molecular formula is C14H25NO3. The zero-order valence-electron chi connectivity index (χ0n) is 11.4. The predicted octanol–water partition coefficient (Wildman–Crippen LogP) is 2.57. The van der Waals surface area contributed by atoms with Gasteiger partial charge in [0.05, 0.1) is 0 Å². The minimum atomic E-state index is -0.837. The fourth-order valence-electron chi connectivity index (χ4n) is 2.75. The Labute approximate surface area is 109 Å². The van der Waals surface area contributed by atoms with Crippen LogP contribution in [-0.2, 0) is 9.59 Å². The van der Waals surface area contributed by atoms with Gasteiger partial charge in [-0.05, 0) is 31.6 Å². The predicted molar refractivity (Wildman–Crippen MR) is 70.2 cm³/mol. The number of rotatable bonds is 6. The number of nitrogens with one attached hydrogen (secondary N) is 1. The minimum absolute atomic E-state index is 0.0122. The second-order valence-corrected chi connectivity index (χ2v) is 5.66. The van der Waals surface area contributed by atoms with Crippen LogP contribution in [0, 0.1) is 11.8 Å². The van der Waals surface area contributed by atoms with E-state index >= 15 is 0 Å². The largest absolute Gasteiger partial charge is 0.481 e. The SMILES string of the molecule is CC(CC(=O)O)CC(=O)N[C@H](C)C1CCCCC1. The third-order valence-corrected chi connectivity index (χ3v) is 3.80. The number of aliphatic carboxylic acids is 1. The van der Waals surface area contributed by atoms with Crippen molar-refractivity contribution in [2.24, 2.45) is 11.8 Å². The van der Waals surface area contributed by atoms with Crippen molar-refractivity contribution in [3.63, 3.8) is 0 Å². The maximum atomic E-state index is 11.8. The summed E-state index contributed by atoms with van der Waals surface area (Å²) in [5, 5.41) is 11.7. The van der Waals surface area contributed by atoms with Crippen LogP contribution in [0.15, 0.2) is 0 Å². The van der Waals surface area contributed by atoms with Crippen LogP contribution in [0.5, 0.6) is 0 Å². The fraction of sp³-hybridized carbons (Fsp3) is 0.857. The van der Waals surface area contributed by atoms with Gasteiger partial charge in [-0.25, -0.2) is 0 Å². The van der Waals surface area contributed by atoms with Gasteiger partial charge < -0.3 is 10.4 Å². The van der Waals surface area contributed by atoms with Gasteiger partial charge in [-0.3, -0.25) is 9.59 Å². The van der Waals surface area contributed by atoms with E-state index in [9.17, 15) is 9.59 Å². The van der Waals surface area contributed by atoms with Crippen LogP contribution in [0.3, 0.4) is 0 Å². The van der Waals surface area contributed by atoms with Crippen molar-refractivity contribution < 1.29 is 14.7 Å². The summed E-state index contributed by atoms with van der Waals surface area (Å²) in [4.78, 5) is 22.3. The van der Waals surface area contributed by atoms with Gasteiger partial charge in [-0.2, -0.15) is 0 Å². The Morgan fingerprint density at radius 3 is 2.33 bits per heavy atom. The molecule has 0 aromatic rings. The van der Waals surface area contributed by atoms with Crippen LogP contribution in [0.4, 0.5) is 0 Å². The standard InChI is InChI=1S/C14H25NO3/c1-10(9-14(17)18)8-13(16)15-11(2)12-6-4-3-5-7-12/h10-12H,3-9H2,1-2H3,(H,15,16)(H,17,18)/t10?,11-/m1/s1. The van der Waals surface area contributed by atoms with E-state index in [1.807, 2.05) is 0 Å². The van der Waals surface area contributed by atoms with Crippen molar-refractivity contribution in [2.45, 2.75) is 64.8 Å². The number of carbonyl (C=O) groups is 2. The lowest BCUT2D eigenvalue weighted by molar-refractivity contribution is -0.138. The van der Waals surface area contributed by atoms with Crippen LogP contribution in [-0.4, -0.2) is 23.0 Å². The van der Waals surface area contributed by atoms with E-state index in [2.05, 4.69) is 12.2 Å². The molecule has 1 aliphatic rings. The number of carboxylic acid groups (broad SMARTS) is 1. The van der Waals surface area contributed by atoms with Crippen molar-refractivity contribution >= 4 is 11.9 Å². The Morgan fingerprint density at radius 1 is 1.17 bits per heavy atom. The molecule has 1 saturated carbocycles. The second kappa shape index (κ2) is 7.39. The summed E-state index contributed by atoms with van der Waals surface area (Å²) >= 11 is 0. The topological polar surface area (TPSA) is 66.4 Å². The van der Waals surface area contributed by atoms with Gasteiger partial charge in [-0.1, -0.05) is 26.2 Å². The lowest BCUT2D eigenvalue weighted by atomic mass is 9.84. The summed E-state index contributed by atoms with van der Waals surface area (Å²) in [6.07, 6.45) is 6.61. The maximum absolute atomic E-state index is 11.8. The molecule has 0 bridgehead atoms. The molecular weight excluding hydrogens is 230 g/mol. The molecule has 18 heavy (non-hydrogen) atoms. The molecule has 0 spiro atoms. The van der Waals surface area contributed by atoms with Crippen LogP contribution >= 0.6 is 0 Å². The Bertz CT molecular complexity index is 285. The highest BCUT2D eigenvalue weighted by atomic mass is 16.4. The molecule has 0 saturated heterocycles. The molecule has 1 aliphatic carbocycles. The summed E-state index contributed by atoms with van der Waals surface area (Å²) in [6.45, 7) is 3.87. The van der Waals surface area contributed by atoms with Crippen molar-refractivity contribution in [2.75, 3.05) is 0 Å². The lowest BCUT2D eigenvalue weighted by Gasteiger charge is -2.28. The molecule has 4 nitrogen and oxygen atoms in total. The lowest BCUT2D eigenvalue weighted by Crippen LogP contribution is -2.39. The van der Waals surface area contributed by atoms with E-state index in [1.54, 1.807) is 6.92 Å². The molecule has 0 aromatic carbocycles. The molecule has 1 unspecified atom stereocenters. The Hall–Kier alpha value is -1.06. The normalized spacial score (nSPS) is 20.1. The minimum Gasteiger partial charge on any atom is -0.481 e. The van der Waals surface area contributed by atoms with E-state index in [0.717, 1.165) is 0 Å². The van der Waals surface area contributed by atoms with Crippen LogP contribution in [0.1, 0.15) is 58.8 Å². The summed E-state index contributed by atoms with van der Waals surface area (Å²) in [5.41, 5.74) is 0. The van der Waals surface area contributed by atoms with E-state index < -0.39 is 5.97 Å². The summed E-state index contributed by atoms with van der Waals surface area (Å²) in [7, 11) is 0. The molecule has 2 atom stereocenters. The van der Waals surface area contributed by atoms with Gasteiger partial charge in [-0.15, -0.1) is 0 Å². The smallest absolute Gasteiger partial charge is 0.303 e. The van der Waals surface area contributed by atoms with Crippen LogP contribution < -0.4 is 5.32 Å². The molecule has 104 valence electrons. The number of hydrogen-bond acceptors (Lipinski definition) is 2. The average Bonchev–Trinajstić information content (AvgIpc) is 2.28. The first-order valence-electron chi connectivity index (χ1n) is 7.00. The maximum Gasteiger partial charge on any atom is 0.303 e. The van der Waals surface area contributed by atoms with E-state index in [4.69, 9.17) is 5.11 Å². The van der Waals surface area contributed by atoms with Gasteiger partial charge in [0.25, 0.3) is 0 Å². The van der Waals surface area contributed by atoms with Crippen molar-refractivity contribution in [1.82, 2.24) is 5.32 Å². The van der Waals surface area contributed by atoms with Gasteiger partial charge >= 0.3 is 5.97 Å². The third kappa shape index (κ3) is 5.52. The number of hydrogen-bond donors (Lipinski definition) is 2. The van der Waals surface area contributed by atoms with Crippen molar-refractivity contribution in [1.29, 1.82) is 0 Å². The third-order valence-electron chi connectivity index (χ3n) is 3.80. The Morgan fingerprint density at radius 2 is 1.78 bits per heavy atom. The average molecular weight is 255 g/mol. The van der Waals surface area contributed by atoms with E-state index in [-0.39, 0.29) is 24.3 Å². The highest BCUT2D eigenvalue weighted by Crippen LogP contribution is 2.26. The molecule has 0 radical (unpaired) electrons. The number of amides is 1. The first-order chi connectivity index (χ1) is 8.49. The fourth-order valence-corrected chi connectivity index (χ4v) is 2.75. The van der Waals surface area contributed by atoms with Gasteiger partial charge in [0.2, 0.25) is 5.91 Å². The molecule has 2 N–H and O–H groups in total.